The fourth-order valence-electron chi connectivity index (χ4n) is 3.16. The number of aryl methyl sites for hydroxylation is 1. The van der Waals surface area contributed by atoms with Crippen molar-refractivity contribution >= 4 is 11.6 Å². The number of anilines is 1. The third-order valence-corrected chi connectivity index (χ3v) is 4.72. The van der Waals surface area contributed by atoms with E-state index in [4.69, 9.17) is 0 Å². The maximum absolute atomic E-state index is 12.3. The van der Waals surface area contributed by atoms with Crippen molar-refractivity contribution in [1.29, 1.82) is 0 Å². The summed E-state index contributed by atoms with van der Waals surface area (Å²) in [5.41, 5.74) is 4.83. The lowest BCUT2D eigenvalue weighted by atomic mass is 10.1. The number of nitrogens with zero attached hydrogens (tertiary/aromatic N) is 4. The first kappa shape index (κ1) is 17.5. The quantitative estimate of drug-likeness (QED) is 0.676. The molecule has 2 heterocycles. The molecule has 1 aliphatic carbocycles. The molecule has 0 spiro atoms. The Hall–Kier alpha value is -2.93. The van der Waals surface area contributed by atoms with E-state index in [1.165, 1.54) is 18.5 Å². The standard InChI is InChI=1S/C20H24N6O/c1-25(12-17-9-19(24-23-17)15-7-8-15)11-14-3-5-16(6-4-14)20(27)22-18-10-21-26(2)13-18/h3-6,9-10,13,15H,7-8,11-12H2,1-2H3,(H,22,27)(H,23,24). The molecule has 1 aliphatic rings. The Labute approximate surface area is 158 Å². The summed E-state index contributed by atoms with van der Waals surface area (Å²) in [5, 5.41) is 14.4. The number of aromatic amines is 1. The minimum atomic E-state index is -0.132. The summed E-state index contributed by atoms with van der Waals surface area (Å²) >= 11 is 0. The van der Waals surface area contributed by atoms with Gasteiger partial charge < -0.3 is 5.32 Å². The molecule has 2 N–H and O–H groups in total. The van der Waals surface area contributed by atoms with Gasteiger partial charge in [0, 0.05) is 43.5 Å². The van der Waals surface area contributed by atoms with Crippen LogP contribution >= 0.6 is 0 Å². The van der Waals surface area contributed by atoms with E-state index in [-0.39, 0.29) is 5.91 Å². The zero-order valence-electron chi connectivity index (χ0n) is 15.6. The molecule has 140 valence electrons. The Morgan fingerprint density at radius 2 is 2.07 bits per heavy atom. The van der Waals surface area contributed by atoms with Crippen molar-refractivity contribution in [3.05, 3.63) is 65.2 Å². The molecule has 7 heteroatoms. The van der Waals surface area contributed by atoms with E-state index in [0.717, 1.165) is 24.3 Å². The van der Waals surface area contributed by atoms with Crippen molar-refractivity contribution in [2.75, 3.05) is 12.4 Å². The molecule has 3 aromatic rings. The van der Waals surface area contributed by atoms with Gasteiger partial charge in [0.2, 0.25) is 0 Å². The minimum Gasteiger partial charge on any atom is -0.319 e. The molecule has 4 rings (SSSR count). The van der Waals surface area contributed by atoms with Crippen LogP contribution in [-0.4, -0.2) is 37.8 Å². The SMILES string of the molecule is CN(Cc1ccc(C(=O)Nc2cnn(C)c2)cc1)Cc1cc(C2CC2)n[nH]1. The molecule has 1 amide bonds. The van der Waals surface area contributed by atoms with Gasteiger partial charge in [-0.3, -0.25) is 19.5 Å². The van der Waals surface area contributed by atoms with Gasteiger partial charge in [0.15, 0.2) is 0 Å². The van der Waals surface area contributed by atoms with Gasteiger partial charge >= 0.3 is 0 Å². The van der Waals surface area contributed by atoms with Gasteiger partial charge in [0.25, 0.3) is 5.91 Å². The fraction of sp³-hybridized carbons (Fsp3) is 0.350. The van der Waals surface area contributed by atoms with Crippen molar-refractivity contribution in [2.24, 2.45) is 7.05 Å². The number of rotatable bonds is 7. The second-order valence-electron chi connectivity index (χ2n) is 7.32. The van der Waals surface area contributed by atoms with E-state index in [9.17, 15) is 4.79 Å². The molecule has 0 bridgehead atoms. The van der Waals surface area contributed by atoms with Gasteiger partial charge in [0.1, 0.15) is 0 Å². The maximum atomic E-state index is 12.3. The molecule has 1 fully saturated rings. The highest BCUT2D eigenvalue weighted by molar-refractivity contribution is 6.04. The molecule has 1 saturated carbocycles. The van der Waals surface area contributed by atoms with Crippen LogP contribution in [0.1, 0.15) is 46.1 Å². The number of benzene rings is 1. The lowest BCUT2D eigenvalue weighted by Crippen LogP contribution is -2.17. The molecular weight excluding hydrogens is 340 g/mol. The summed E-state index contributed by atoms with van der Waals surface area (Å²) in [6.07, 6.45) is 5.93. The lowest BCUT2D eigenvalue weighted by Gasteiger charge is -2.15. The number of carbonyl (C=O) groups excluding carboxylic acids is 1. The Morgan fingerprint density at radius 3 is 2.74 bits per heavy atom. The third-order valence-electron chi connectivity index (χ3n) is 4.72. The summed E-state index contributed by atoms with van der Waals surface area (Å²) in [5.74, 6) is 0.540. The lowest BCUT2D eigenvalue weighted by molar-refractivity contribution is 0.102. The van der Waals surface area contributed by atoms with Crippen LogP contribution in [-0.2, 0) is 20.1 Å². The molecular formula is C20H24N6O. The van der Waals surface area contributed by atoms with Crippen LogP contribution < -0.4 is 5.32 Å². The monoisotopic (exact) mass is 364 g/mol. The molecule has 0 radical (unpaired) electrons. The highest BCUT2D eigenvalue weighted by atomic mass is 16.1. The molecule has 0 aliphatic heterocycles. The largest absolute Gasteiger partial charge is 0.319 e. The number of H-pyrrole nitrogens is 1. The predicted octanol–water partition coefficient (Wildman–Crippen LogP) is 2.90. The van der Waals surface area contributed by atoms with E-state index < -0.39 is 0 Å². The van der Waals surface area contributed by atoms with Gasteiger partial charge in [-0.1, -0.05) is 12.1 Å². The zero-order valence-corrected chi connectivity index (χ0v) is 15.6. The van der Waals surface area contributed by atoms with E-state index in [1.807, 2.05) is 31.3 Å². The molecule has 0 saturated heterocycles. The number of aromatic nitrogens is 4. The van der Waals surface area contributed by atoms with Gasteiger partial charge in [-0.15, -0.1) is 0 Å². The summed E-state index contributed by atoms with van der Waals surface area (Å²) in [4.78, 5) is 14.5. The maximum Gasteiger partial charge on any atom is 0.255 e. The normalized spacial score (nSPS) is 13.9. The van der Waals surface area contributed by atoms with Crippen molar-refractivity contribution < 1.29 is 4.79 Å². The Bertz CT molecular complexity index is 922. The topological polar surface area (TPSA) is 78.8 Å². The molecule has 0 unspecified atom stereocenters. The second kappa shape index (κ2) is 7.36. The van der Waals surface area contributed by atoms with Crippen molar-refractivity contribution in [2.45, 2.75) is 31.8 Å². The molecule has 0 atom stereocenters. The number of hydrogen-bond donors (Lipinski definition) is 2. The van der Waals surface area contributed by atoms with Crippen molar-refractivity contribution in [3.63, 3.8) is 0 Å². The molecule has 7 nitrogen and oxygen atoms in total. The number of amides is 1. The minimum absolute atomic E-state index is 0.132. The van der Waals surface area contributed by atoms with Crippen LogP contribution in [0.2, 0.25) is 0 Å². The summed E-state index contributed by atoms with van der Waals surface area (Å²) in [6.45, 7) is 1.63. The van der Waals surface area contributed by atoms with Crippen LogP contribution in [0.4, 0.5) is 5.69 Å². The smallest absolute Gasteiger partial charge is 0.255 e. The van der Waals surface area contributed by atoms with Gasteiger partial charge in [-0.05, 0) is 43.7 Å². The van der Waals surface area contributed by atoms with Crippen LogP contribution in [0.5, 0.6) is 0 Å². The summed E-state index contributed by atoms with van der Waals surface area (Å²) in [6, 6.07) is 9.89. The van der Waals surface area contributed by atoms with Gasteiger partial charge in [0.05, 0.1) is 17.6 Å². The first-order valence-electron chi connectivity index (χ1n) is 9.18. The van der Waals surface area contributed by atoms with E-state index in [2.05, 4.69) is 38.6 Å². The van der Waals surface area contributed by atoms with E-state index in [0.29, 0.717) is 17.2 Å². The summed E-state index contributed by atoms with van der Waals surface area (Å²) in [7, 11) is 3.90. The van der Waals surface area contributed by atoms with Gasteiger partial charge in [-0.25, -0.2) is 0 Å². The van der Waals surface area contributed by atoms with Crippen molar-refractivity contribution in [3.8, 4) is 0 Å². The van der Waals surface area contributed by atoms with E-state index >= 15 is 0 Å². The van der Waals surface area contributed by atoms with Crippen LogP contribution in [0, 0.1) is 0 Å². The predicted molar refractivity (Wildman–Crippen MR) is 103 cm³/mol. The highest BCUT2D eigenvalue weighted by Crippen LogP contribution is 2.39. The third kappa shape index (κ3) is 4.43. The second-order valence-corrected chi connectivity index (χ2v) is 7.32. The Kier molecular flexibility index (Phi) is 4.77. The molecule has 27 heavy (non-hydrogen) atoms. The average Bonchev–Trinajstić information content (AvgIpc) is 3.26. The summed E-state index contributed by atoms with van der Waals surface area (Å²) < 4.78 is 1.65. The number of nitrogens with one attached hydrogen (secondary N) is 2. The first-order chi connectivity index (χ1) is 13.1. The number of hydrogen-bond acceptors (Lipinski definition) is 4. The zero-order chi connectivity index (χ0) is 18.8. The van der Waals surface area contributed by atoms with Crippen LogP contribution in [0.3, 0.4) is 0 Å². The van der Waals surface area contributed by atoms with Crippen LogP contribution in [0.25, 0.3) is 0 Å². The highest BCUT2D eigenvalue weighted by Gasteiger charge is 2.26. The van der Waals surface area contributed by atoms with E-state index in [1.54, 1.807) is 17.1 Å². The van der Waals surface area contributed by atoms with Gasteiger partial charge in [-0.2, -0.15) is 10.2 Å². The Balaban J connectivity index is 1.31. The molecule has 2 aromatic heterocycles. The number of carbonyl (C=O) groups is 1. The molecule has 1 aromatic carbocycles. The fourth-order valence-corrected chi connectivity index (χ4v) is 3.16. The van der Waals surface area contributed by atoms with Crippen LogP contribution in [0.15, 0.2) is 42.7 Å². The van der Waals surface area contributed by atoms with Crippen molar-refractivity contribution in [1.82, 2.24) is 24.9 Å². The first-order valence-corrected chi connectivity index (χ1v) is 9.18. The Morgan fingerprint density at radius 1 is 1.30 bits per heavy atom. The average molecular weight is 364 g/mol.